The van der Waals surface area contributed by atoms with Gasteiger partial charge in [0.2, 0.25) is 0 Å². The normalized spacial score (nSPS) is 11.1. The molecule has 0 aliphatic carbocycles. The van der Waals surface area contributed by atoms with Crippen LogP contribution in [0.1, 0.15) is 18.9 Å². The highest BCUT2D eigenvalue weighted by Gasteiger charge is 2.17. The van der Waals surface area contributed by atoms with Crippen LogP contribution in [-0.4, -0.2) is 20.2 Å². The fraction of sp³-hybridized carbons (Fsp3) is 0.235. The average molecular weight is 399 g/mol. The van der Waals surface area contributed by atoms with Crippen molar-refractivity contribution >= 4 is 45.1 Å². The largest absolute Gasteiger partial charge is 0.333 e. The summed E-state index contributed by atoms with van der Waals surface area (Å²) < 4.78 is 26.5. The zero-order valence-corrected chi connectivity index (χ0v) is 16.0. The number of hydrogen-bond acceptors (Lipinski definition) is 4. The van der Waals surface area contributed by atoms with Gasteiger partial charge in [0.1, 0.15) is 0 Å². The molecule has 0 unspecified atom stereocenters. The van der Waals surface area contributed by atoms with E-state index in [-0.39, 0.29) is 4.90 Å². The van der Waals surface area contributed by atoms with Gasteiger partial charge in [0.05, 0.1) is 4.90 Å². The summed E-state index contributed by atoms with van der Waals surface area (Å²) in [5.41, 5.74) is 1.49. The number of carbonyl (C=O) groups is 1. The van der Waals surface area contributed by atoms with E-state index in [2.05, 4.69) is 12.2 Å². The molecular weight excluding hydrogens is 380 g/mol. The Bertz CT molecular complexity index is 807. The van der Waals surface area contributed by atoms with Crippen molar-refractivity contribution in [1.29, 1.82) is 0 Å². The van der Waals surface area contributed by atoms with Crippen molar-refractivity contribution in [2.45, 2.75) is 24.0 Å². The van der Waals surface area contributed by atoms with Crippen LogP contribution in [0.4, 0.5) is 10.5 Å². The number of thioether (sulfide) groups is 1. The van der Waals surface area contributed by atoms with Crippen LogP contribution in [0.15, 0.2) is 53.4 Å². The number of carbonyl (C=O) groups excluding carboxylic acids is 1. The van der Waals surface area contributed by atoms with E-state index in [9.17, 15) is 13.2 Å². The van der Waals surface area contributed by atoms with Crippen LogP contribution >= 0.6 is 23.4 Å². The molecule has 0 fully saturated rings. The number of anilines is 1. The molecule has 2 aromatic rings. The monoisotopic (exact) mass is 398 g/mol. The third-order valence-corrected chi connectivity index (χ3v) is 6.01. The minimum Gasteiger partial charge on any atom is -0.307 e. The van der Waals surface area contributed by atoms with E-state index in [0.29, 0.717) is 10.7 Å². The van der Waals surface area contributed by atoms with Crippen molar-refractivity contribution in [1.82, 2.24) is 4.72 Å². The van der Waals surface area contributed by atoms with Crippen LogP contribution in [0.5, 0.6) is 0 Å². The summed E-state index contributed by atoms with van der Waals surface area (Å²) in [6.07, 6.45) is 1.10. The third-order valence-electron chi connectivity index (χ3n) is 3.18. The van der Waals surface area contributed by atoms with Crippen molar-refractivity contribution in [3.8, 4) is 0 Å². The maximum absolute atomic E-state index is 12.3. The Balaban J connectivity index is 1.98. The Morgan fingerprint density at radius 1 is 1.08 bits per heavy atom. The van der Waals surface area contributed by atoms with Gasteiger partial charge in [-0.15, -0.1) is 0 Å². The SMILES string of the molecule is CCCSCc1ccc(S(=O)(=O)NC(=O)Nc2ccc(Cl)cc2)cc1. The molecule has 0 heterocycles. The van der Waals surface area contributed by atoms with Crippen LogP contribution in [0.25, 0.3) is 0 Å². The molecular formula is C17H19ClN2O3S2. The number of sulfonamides is 1. The molecule has 0 radical (unpaired) electrons. The Labute approximate surface area is 157 Å². The van der Waals surface area contributed by atoms with Crippen molar-refractivity contribution < 1.29 is 13.2 Å². The maximum Gasteiger partial charge on any atom is 0.333 e. The second-order valence-corrected chi connectivity index (χ2v) is 8.49. The van der Waals surface area contributed by atoms with Gasteiger partial charge in [0.15, 0.2) is 0 Å². The van der Waals surface area contributed by atoms with Crippen LogP contribution in [-0.2, 0) is 15.8 Å². The smallest absolute Gasteiger partial charge is 0.307 e. The molecule has 0 spiro atoms. The first kappa shape index (κ1) is 19.6. The molecule has 25 heavy (non-hydrogen) atoms. The predicted molar refractivity (Wildman–Crippen MR) is 104 cm³/mol. The van der Waals surface area contributed by atoms with Gasteiger partial charge in [-0.1, -0.05) is 30.7 Å². The fourth-order valence-corrected chi connectivity index (χ4v) is 3.86. The highest BCUT2D eigenvalue weighted by molar-refractivity contribution is 7.98. The van der Waals surface area contributed by atoms with Crippen LogP contribution < -0.4 is 10.0 Å². The first-order valence-corrected chi connectivity index (χ1v) is 10.7. The summed E-state index contributed by atoms with van der Waals surface area (Å²) >= 11 is 7.56. The van der Waals surface area contributed by atoms with Crippen molar-refractivity contribution in [3.05, 3.63) is 59.1 Å². The second kappa shape index (κ2) is 9.12. The molecule has 8 heteroatoms. The van der Waals surface area contributed by atoms with E-state index in [1.54, 1.807) is 48.2 Å². The molecule has 2 N–H and O–H groups in total. The second-order valence-electron chi connectivity index (χ2n) is 5.26. The molecule has 0 aromatic heterocycles. The van der Waals surface area contributed by atoms with Crippen LogP contribution in [0, 0.1) is 0 Å². The minimum absolute atomic E-state index is 0.0444. The molecule has 0 aliphatic rings. The summed E-state index contributed by atoms with van der Waals surface area (Å²) in [7, 11) is -3.92. The maximum atomic E-state index is 12.3. The van der Waals surface area contributed by atoms with Gasteiger partial charge in [0, 0.05) is 16.5 Å². The van der Waals surface area contributed by atoms with E-state index in [1.807, 2.05) is 4.72 Å². The fourth-order valence-electron chi connectivity index (χ4n) is 1.97. The lowest BCUT2D eigenvalue weighted by molar-refractivity contribution is 0.256. The molecule has 5 nitrogen and oxygen atoms in total. The van der Waals surface area contributed by atoms with Gasteiger partial charge in [-0.25, -0.2) is 17.9 Å². The third kappa shape index (κ3) is 6.26. The summed E-state index contributed by atoms with van der Waals surface area (Å²) in [6, 6.07) is 12.0. The predicted octanol–water partition coefficient (Wildman–Crippen LogP) is 4.49. The summed E-state index contributed by atoms with van der Waals surface area (Å²) in [6.45, 7) is 2.11. The highest BCUT2D eigenvalue weighted by atomic mass is 35.5. The number of nitrogens with one attached hydrogen (secondary N) is 2. The van der Waals surface area contributed by atoms with Gasteiger partial charge in [0.25, 0.3) is 10.0 Å². The molecule has 134 valence electrons. The van der Waals surface area contributed by atoms with Gasteiger partial charge >= 0.3 is 6.03 Å². The molecule has 2 amide bonds. The summed E-state index contributed by atoms with van der Waals surface area (Å²) in [5, 5.41) is 2.97. The Morgan fingerprint density at radius 3 is 2.32 bits per heavy atom. The van der Waals surface area contributed by atoms with Crippen molar-refractivity contribution in [3.63, 3.8) is 0 Å². The molecule has 0 saturated heterocycles. The van der Waals surface area contributed by atoms with Crippen molar-refractivity contribution in [2.75, 3.05) is 11.1 Å². The van der Waals surface area contributed by atoms with E-state index in [4.69, 9.17) is 11.6 Å². The quantitative estimate of drug-likeness (QED) is 0.673. The molecule has 0 atom stereocenters. The first-order valence-electron chi connectivity index (χ1n) is 7.67. The number of urea groups is 1. The molecule has 0 bridgehead atoms. The van der Waals surface area contributed by atoms with Gasteiger partial charge in [-0.3, -0.25) is 0 Å². The van der Waals surface area contributed by atoms with E-state index >= 15 is 0 Å². The average Bonchev–Trinajstić information content (AvgIpc) is 2.57. The standard InChI is InChI=1S/C17H19ClN2O3S2/c1-2-11-24-12-13-3-9-16(10-4-13)25(22,23)20-17(21)19-15-7-5-14(18)6-8-15/h3-10H,2,11-12H2,1H3,(H2,19,20,21). The van der Waals surface area contributed by atoms with E-state index in [1.165, 1.54) is 12.1 Å². The number of benzene rings is 2. The number of rotatable bonds is 7. The zero-order valence-electron chi connectivity index (χ0n) is 13.7. The first-order chi connectivity index (χ1) is 11.9. The van der Waals surface area contributed by atoms with Crippen LogP contribution in [0.2, 0.25) is 5.02 Å². The molecule has 2 rings (SSSR count). The van der Waals surface area contributed by atoms with Crippen molar-refractivity contribution in [2.24, 2.45) is 0 Å². The Morgan fingerprint density at radius 2 is 1.72 bits per heavy atom. The molecule has 2 aromatic carbocycles. The number of amides is 2. The highest BCUT2D eigenvalue weighted by Crippen LogP contribution is 2.17. The number of halogens is 1. The Kier molecular flexibility index (Phi) is 7.16. The van der Waals surface area contributed by atoms with Crippen LogP contribution in [0.3, 0.4) is 0 Å². The van der Waals surface area contributed by atoms with Gasteiger partial charge in [-0.05, 0) is 54.1 Å². The number of hydrogen-bond donors (Lipinski definition) is 2. The lowest BCUT2D eigenvalue weighted by atomic mass is 10.2. The van der Waals surface area contributed by atoms with Gasteiger partial charge < -0.3 is 5.32 Å². The topological polar surface area (TPSA) is 75.3 Å². The molecule has 0 aliphatic heterocycles. The Hall–Kier alpha value is -1.70. The lowest BCUT2D eigenvalue weighted by Gasteiger charge is -2.09. The summed E-state index contributed by atoms with van der Waals surface area (Å²) in [5.74, 6) is 1.89. The minimum atomic E-state index is -3.92. The van der Waals surface area contributed by atoms with E-state index < -0.39 is 16.1 Å². The zero-order chi connectivity index (χ0) is 18.3. The summed E-state index contributed by atoms with van der Waals surface area (Å²) in [4.78, 5) is 11.9. The molecule has 0 saturated carbocycles. The van der Waals surface area contributed by atoms with E-state index in [0.717, 1.165) is 23.5 Å². The lowest BCUT2D eigenvalue weighted by Crippen LogP contribution is -2.34. The van der Waals surface area contributed by atoms with Gasteiger partial charge in [-0.2, -0.15) is 11.8 Å².